The number of aryl methyl sites for hydroxylation is 2. The standard InChI is InChI=1S/C19H22ClN3O/c1-24-18(15-6-3-7-16(20)10-15)12-22-19(21)23-17-9-8-13-4-2-5-14(13)11-17/h3,6-11,18H,2,4-5,12H2,1H3,(H3,21,22,23). The van der Waals surface area contributed by atoms with Crippen molar-refractivity contribution in [3.63, 3.8) is 0 Å². The average molecular weight is 344 g/mol. The van der Waals surface area contributed by atoms with Crippen LogP contribution in [0.1, 0.15) is 29.2 Å². The van der Waals surface area contributed by atoms with Crippen LogP contribution in [0.15, 0.2) is 47.5 Å². The fourth-order valence-electron chi connectivity index (χ4n) is 3.04. The number of guanidine groups is 1. The van der Waals surface area contributed by atoms with E-state index in [0.29, 0.717) is 17.5 Å². The van der Waals surface area contributed by atoms with E-state index in [4.69, 9.17) is 22.1 Å². The highest BCUT2D eigenvalue weighted by molar-refractivity contribution is 6.30. The molecule has 0 bridgehead atoms. The van der Waals surface area contributed by atoms with Gasteiger partial charge in [0.15, 0.2) is 5.96 Å². The Labute approximate surface area is 147 Å². The molecule has 2 aromatic rings. The van der Waals surface area contributed by atoms with Gasteiger partial charge in [0.2, 0.25) is 0 Å². The fourth-order valence-corrected chi connectivity index (χ4v) is 3.24. The molecule has 24 heavy (non-hydrogen) atoms. The van der Waals surface area contributed by atoms with Gasteiger partial charge in [-0.3, -0.25) is 4.99 Å². The van der Waals surface area contributed by atoms with Gasteiger partial charge >= 0.3 is 0 Å². The molecule has 0 saturated heterocycles. The van der Waals surface area contributed by atoms with E-state index < -0.39 is 0 Å². The number of anilines is 1. The van der Waals surface area contributed by atoms with Crippen LogP contribution in [0.5, 0.6) is 0 Å². The van der Waals surface area contributed by atoms with Gasteiger partial charge in [0.25, 0.3) is 0 Å². The Morgan fingerprint density at radius 2 is 2.08 bits per heavy atom. The number of methoxy groups -OCH3 is 1. The summed E-state index contributed by atoms with van der Waals surface area (Å²) in [5.41, 5.74) is 10.8. The zero-order valence-corrected chi connectivity index (χ0v) is 14.5. The molecule has 5 heteroatoms. The van der Waals surface area contributed by atoms with E-state index >= 15 is 0 Å². The molecule has 0 heterocycles. The third kappa shape index (κ3) is 4.08. The van der Waals surface area contributed by atoms with E-state index in [-0.39, 0.29) is 6.10 Å². The first kappa shape index (κ1) is 16.8. The molecule has 0 radical (unpaired) electrons. The summed E-state index contributed by atoms with van der Waals surface area (Å²) in [4.78, 5) is 4.41. The molecular weight excluding hydrogens is 322 g/mol. The molecule has 2 aromatic carbocycles. The maximum absolute atomic E-state index is 6.03. The largest absolute Gasteiger partial charge is 0.375 e. The van der Waals surface area contributed by atoms with Crippen molar-refractivity contribution in [3.8, 4) is 0 Å². The minimum absolute atomic E-state index is 0.177. The maximum Gasteiger partial charge on any atom is 0.193 e. The van der Waals surface area contributed by atoms with E-state index in [9.17, 15) is 0 Å². The highest BCUT2D eigenvalue weighted by Crippen LogP contribution is 2.25. The van der Waals surface area contributed by atoms with Crippen LogP contribution in [0.2, 0.25) is 5.02 Å². The quantitative estimate of drug-likeness (QED) is 0.638. The number of nitrogens with zero attached hydrogens (tertiary/aromatic N) is 1. The summed E-state index contributed by atoms with van der Waals surface area (Å²) in [5, 5.41) is 3.84. The molecule has 0 amide bonds. The normalized spacial score (nSPS) is 15.2. The molecule has 126 valence electrons. The van der Waals surface area contributed by atoms with E-state index in [1.165, 1.54) is 24.0 Å². The molecule has 0 fully saturated rings. The zero-order chi connectivity index (χ0) is 16.9. The maximum atomic E-state index is 6.03. The Kier molecular flexibility index (Phi) is 5.38. The molecule has 3 N–H and O–H groups in total. The predicted molar refractivity (Wildman–Crippen MR) is 99.8 cm³/mol. The Balaban J connectivity index is 1.64. The predicted octanol–water partition coefficient (Wildman–Crippen LogP) is 3.94. The lowest BCUT2D eigenvalue weighted by Crippen LogP contribution is -2.24. The Bertz CT molecular complexity index is 745. The van der Waals surface area contributed by atoms with Gasteiger partial charge in [-0.25, -0.2) is 0 Å². The van der Waals surface area contributed by atoms with Crippen LogP contribution in [-0.4, -0.2) is 19.6 Å². The van der Waals surface area contributed by atoms with Gasteiger partial charge in [-0.2, -0.15) is 0 Å². The van der Waals surface area contributed by atoms with Gasteiger partial charge in [-0.15, -0.1) is 0 Å². The number of hydrogen-bond donors (Lipinski definition) is 2. The lowest BCUT2D eigenvalue weighted by Gasteiger charge is -2.14. The van der Waals surface area contributed by atoms with E-state index in [2.05, 4.69) is 28.5 Å². The Hall–Kier alpha value is -2.04. The molecule has 1 aliphatic rings. The number of aliphatic imine (C=N–C) groups is 1. The minimum Gasteiger partial charge on any atom is -0.375 e. The summed E-state index contributed by atoms with van der Waals surface area (Å²) < 4.78 is 5.50. The number of rotatable bonds is 5. The second kappa shape index (κ2) is 7.69. The highest BCUT2D eigenvalue weighted by atomic mass is 35.5. The van der Waals surface area contributed by atoms with Gasteiger partial charge in [0.05, 0.1) is 6.54 Å². The second-order valence-corrected chi connectivity index (χ2v) is 6.40. The summed E-state index contributed by atoms with van der Waals surface area (Å²) >= 11 is 6.03. The van der Waals surface area contributed by atoms with Gasteiger partial charge in [-0.1, -0.05) is 29.8 Å². The van der Waals surface area contributed by atoms with Crippen molar-refractivity contribution in [1.82, 2.24) is 0 Å². The number of nitrogens with one attached hydrogen (secondary N) is 1. The minimum atomic E-state index is -0.177. The van der Waals surface area contributed by atoms with E-state index in [0.717, 1.165) is 17.7 Å². The Morgan fingerprint density at radius 3 is 2.88 bits per heavy atom. The average Bonchev–Trinajstić information content (AvgIpc) is 3.03. The molecular formula is C19H22ClN3O. The molecule has 3 rings (SSSR count). The SMILES string of the molecule is COC(CN=C(N)Nc1ccc2c(c1)CCC2)c1cccc(Cl)c1. The monoisotopic (exact) mass is 343 g/mol. The third-order valence-electron chi connectivity index (χ3n) is 4.30. The summed E-state index contributed by atoms with van der Waals surface area (Å²) in [6.45, 7) is 0.431. The van der Waals surface area contributed by atoms with Gasteiger partial charge in [0.1, 0.15) is 6.10 Å². The molecule has 0 spiro atoms. The van der Waals surface area contributed by atoms with Crippen LogP contribution >= 0.6 is 11.6 Å². The van der Waals surface area contributed by atoms with E-state index in [1.54, 1.807) is 7.11 Å². The first-order valence-electron chi connectivity index (χ1n) is 8.12. The summed E-state index contributed by atoms with van der Waals surface area (Å²) in [7, 11) is 1.66. The molecule has 1 aliphatic carbocycles. The summed E-state index contributed by atoms with van der Waals surface area (Å²) in [5.74, 6) is 0.386. The smallest absolute Gasteiger partial charge is 0.193 e. The van der Waals surface area contributed by atoms with Crippen LogP contribution < -0.4 is 11.1 Å². The highest BCUT2D eigenvalue weighted by Gasteiger charge is 2.12. The second-order valence-electron chi connectivity index (χ2n) is 5.97. The van der Waals surface area contributed by atoms with Gasteiger partial charge in [0, 0.05) is 17.8 Å². The molecule has 1 atom stereocenters. The first-order valence-corrected chi connectivity index (χ1v) is 8.50. The molecule has 0 saturated carbocycles. The molecule has 4 nitrogen and oxygen atoms in total. The Morgan fingerprint density at radius 1 is 1.25 bits per heavy atom. The number of ether oxygens (including phenoxy) is 1. The van der Waals surface area contributed by atoms with Crippen molar-refractivity contribution in [3.05, 3.63) is 64.2 Å². The van der Waals surface area contributed by atoms with E-state index in [1.807, 2.05) is 24.3 Å². The summed E-state index contributed by atoms with van der Waals surface area (Å²) in [6, 6.07) is 14.0. The first-order chi connectivity index (χ1) is 11.7. The van der Waals surface area contributed by atoms with Crippen LogP contribution in [0, 0.1) is 0 Å². The number of hydrogen-bond acceptors (Lipinski definition) is 2. The van der Waals surface area contributed by atoms with Crippen molar-refractivity contribution < 1.29 is 4.74 Å². The lowest BCUT2D eigenvalue weighted by atomic mass is 10.1. The topological polar surface area (TPSA) is 59.6 Å². The number of halogens is 1. The van der Waals surface area contributed by atoms with Crippen LogP contribution in [0.4, 0.5) is 5.69 Å². The molecule has 0 aliphatic heterocycles. The number of benzene rings is 2. The van der Waals surface area contributed by atoms with Crippen LogP contribution in [-0.2, 0) is 17.6 Å². The van der Waals surface area contributed by atoms with Gasteiger partial charge in [-0.05, 0) is 60.2 Å². The number of nitrogens with two attached hydrogens (primary N) is 1. The number of fused-ring (bicyclic) bond motifs is 1. The van der Waals surface area contributed by atoms with Crippen LogP contribution in [0.3, 0.4) is 0 Å². The molecule has 1 unspecified atom stereocenters. The fraction of sp³-hybridized carbons (Fsp3) is 0.316. The van der Waals surface area contributed by atoms with Crippen molar-refractivity contribution in [2.75, 3.05) is 19.0 Å². The van der Waals surface area contributed by atoms with Crippen molar-refractivity contribution in [2.45, 2.75) is 25.4 Å². The van der Waals surface area contributed by atoms with Gasteiger partial charge < -0.3 is 15.8 Å². The van der Waals surface area contributed by atoms with Crippen molar-refractivity contribution in [2.24, 2.45) is 10.7 Å². The van der Waals surface area contributed by atoms with Crippen molar-refractivity contribution in [1.29, 1.82) is 0 Å². The summed E-state index contributed by atoms with van der Waals surface area (Å²) in [6.07, 6.45) is 3.37. The third-order valence-corrected chi connectivity index (χ3v) is 4.54. The van der Waals surface area contributed by atoms with Crippen molar-refractivity contribution >= 4 is 23.2 Å². The molecule has 0 aromatic heterocycles. The lowest BCUT2D eigenvalue weighted by molar-refractivity contribution is 0.111. The van der Waals surface area contributed by atoms with Crippen LogP contribution in [0.25, 0.3) is 0 Å². The zero-order valence-electron chi connectivity index (χ0n) is 13.8.